The summed E-state index contributed by atoms with van der Waals surface area (Å²) >= 11 is 0. The monoisotopic (exact) mass is 256 g/mol. The average molecular weight is 256 g/mol. The molecule has 3 rings (SSSR count). The molecule has 1 aromatic heterocycles. The van der Waals surface area contributed by atoms with Crippen LogP contribution in [0.4, 0.5) is 5.69 Å². The van der Waals surface area contributed by atoms with Gasteiger partial charge in [-0.25, -0.2) is 4.98 Å². The first-order valence-electron chi connectivity index (χ1n) is 6.32. The van der Waals surface area contributed by atoms with Crippen LogP contribution in [0.2, 0.25) is 0 Å². The zero-order valence-electron chi connectivity index (χ0n) is 10.6. The fraction of sp³-hybridized carbons (Fsp3) is 0.286. The van der Waals surface area contributed by atoms with E-state index in [2.05, 4.69) is 22.0 Å². The number of aromatic nitrogens is 1. The van der Waals surface area contributed by atoms with Crippen molar-refractivity contribution in [2.75, 3.05) is 31.2 Å². The number of nitrogens with one attached hydrogen (secondary N) is 1. The SMILES string of the molecule is N=C(N)c1ccc2cc(N3CCOCC3)ccc2n1. The molecule has 0 spiro atoms. The minimum Gasteiger partial charge on any atom is -0.382 e. The Labute approximate surface area is 111 Å². The van der Waals surface area contributed by atoms with Crippen LogP contribution in [0.5, 0.6) is 0 Å². The number of morpholine rings is 1. The van der Waals surface area contributed by atoms with Gasteiger partial charge in [0.2, 0.25) is 0 Å². The minimum atomic E-state index is -0.000782. The van der Waals surface area contributed by atoms with Crippen molar-refractivity contribution in [1.29, 1.82) is 5.41 Å². The third kappa shape index (κ3) is 2.37. The van der Waals surface area contributed by atoms with E-state index in [1.165, 1.54) is 5.69 Å². The lowest BCUT2D eigenvalue weighted by atomic mass is 10.1. The van der Waals surface area contributed by atoms with Gasteiger partial charge in [-0.2, -0.15) is 0 Å². The van der Waals surface area contributed by atoms with Crippen molar-refractivity contribution in [3.63, 3.8) is 0 Å². The zero-order valence-corrected chi connectivity index (χ0v) is 10.6. The van der Waals surface area contributed by atoms with Gasteiger partial charge in [0.1, 0.15) is 11.5 Å². The van der Waals surface area contributed by atoms with Crippen molar-refractivity contribution >= 4 is 22.4 Å². The molecule has 19 heavy (non-hydrogen) atoms. The van der Waals surface area contributed by atoms with Gasteiger partial charge < -0.3 is 15.4 Å². The molecule has 2 heterocycles. The fourth-order valence-corrected chi connectivity index (χ4v) is 2.28. The molecule has 3 N–H and O–H groups in total. The van der Waals surface area contributed by atoms with E-state index in [0.29, 0.717) is 5.69 Å². The smallest absolute Gasteiger partial charge is 0.141 e. The van der Waals surface area contributed by atoms with Gasteiger partial charge >= 0.3 is 0 Å². The summed E-state index contributed by atoms with van der Waals surface area (Å²) in [4.78, 5) is 6.68. The number of benzene rings is 1. The van der Waals surface area contributed by atoms with E-state index in [0.717, 1.165) is 37.2 Å². The molecule has 5 nitrogen and oxygen atoms in total. The van der Waals surface area contributed by atoms with E-state index < -0.39 is 0 Å². The lowest BCUT2D eigenvalue weighted by Crippen LogP contribution is -2.36. The second-order valence-electron chi connectivity index (χ2n) is 4.59. The van der Waals surface area contributed by atoms with Crippen LogP contribution >= 0.6 is 0 Å². The average Bonchev–Trinajstić information content (AvgIpc) is 2.47. The van der Waals surface area contributed by atoms with E-state index in [1.807, 2.05) is 12.1 Å². The van der Waals surface area contributed by atoms with Gasteiger partial charge in [-0.1, -0.05) is 6.07 Å². The molecule has 0 unspecified atom stereocenters. The largest absolute Gasteiger partial charge is 0.382 e. The summed E-state index contributed by atoms with van der Waals surface area (Å²) in [5.74, 6) is -0.000782. The second kappa shape index (κ2) is 4.85. The summed E-state index contributed by atoms with van der Waals surface area (Å²) < 4.78 is 5.36. The van der Waals surface area contributed by atoms with Crippen LogP contribution in [-0.2, 0) is 4.74 Å². The van der Waals surface area contributed by atoms with Gasteiger partial charge in [-0.05, 0) is 24.3 Å². The van der Waals surface area contributed by atoms with Crippen molar-refractivity contribution in [3.05, 3.63) is 36.0 Å². The predicted octanol–water partition coefficient (Wildman–Crippen LogP) is 1.36. The number of rotatable bonds is 2. The highest BCUT2D eigenvalue weighted by molar-refractivity contribution is 5.95. The van der Waals surface area contributed by atoms with Gasteiger partial charge in [-0.15, -0.1) is 0 Å². The molecule has 5 heteroatoms. The van der Waals surface area contributed by atoms with Crippen LogP contribution in [0.15, 0.2) is 30.3 Å². The number of nitrogen functional groups attached to an aromatic ring is 1. The molecule has 1 aliphatic rings. The summed E-state index contributed by atoms with van der Waals surface area (Å²) in [7, 11) is 0. The Morgan fingerprint density at radius 1 is 1.21 bits per heavy atom. The van der Waals surface area contributed by atoms with Crippen LogP contribution in [0.1, 0.15) is 5.69 Å². The molecule has 2 aromatic rings. The quantitative estimate of drug-likeness (QED) is 0.628. The number of hydrogen-bond donors (Lipinski definition) is 2. The molecule has 1 aliphatic heterocycles. The Kier molecular flexibility index (Phi) is 3.05. The Hall–Kier alpha value is -2.14. The molecule has 1 fully saturated rings. The van der Waals surface area contributed by atoms with E-state index in [9.17, 15) is 0 Å². The van der Waals surface area contributed by atoms with Crippen molar-refractivity contribution in [1.82, 2.24) is 4.98 Å². The Balaban J connectivity index is 1.97. The number of nitrogens with two attached hydrogens (primary N) is 1. The molecule has 0 aliphatic carbocycles. The van der Waals surface area contributed by atoms with Gasteiger partial charge in [-0.3, -0.25) is 5.41 Å². The first-order valence-corrected chi connectivity index (χ1v) is 6.32. The van der Waals surface area contributed by atoms with Gasteiger partial charge in [0, 0.05) is 24.2 Å². The van der Waals surface area contributed by atoms with Gasteiger partial charge in [0.15, 0.2) is 0 Å². The standard InChI is InChI=1S/C14H16N4O/c15-14(16)13-3-1-10-9-11(2-4-12(10)17-13)18-5-7-19-8-6-18/h1-4,9H,5-8H2,(H3,15,16). The Morgan fingerprint density at radius 3 is 2.74 bits per heavy atom. The summed E-state index contributed by atoms with van der Waals surface area (Å²) in [5.41, 5.74) is 8.02. The summed E-state index contributed by atoms with van der Waals surface area (Å²) in [6, 6.07) is 9.91. The number of amidine groups is 1. The first kappa shape index (κ1) is 11.9. The van der Waals surface area contributed by atoms with E-state index in [4.69, 9.17) is 15.9 Å². The Morgan fingerprint density at radius 2 is 2.00 bits per heavy atom. The fourth-order valence-electron chi connectivity index (χ4n) is 2.28. The number of hydrogen-bond acceptors (Lipinski definition) is 4. The van der Waals surface area contributed by atoms with E-state index >= 15 is 0 Å². The van der Waals surface area contributed by atoms with Crippen molar-refractivity contribution < 1.29 is 4.74 Å². The third-order valence-corrected chi connectivity index (χ3v) is 3.32. The van der Waals surface area contributed by atoms with Crippen LogP contribution in [0.3, 0.4) is 0 Å². The first-order chi connectivity index (χ1) is 9.24. The number of ether oxygens (including phenoxy) is 1. The number of fused-ring (bicyclic) bond motifs is 1. The van der Waals surface area contributed by atoms with E-state index in [1.54, 1.807) is 6.07 Å². The molecule has 0 bridgehead atoms. The van der Waals surface area contributed by atoms with Crippen LogP contribution < -0.4 is 10.6 Å². The predicted molar refractivity (Wildman–Crippen MR) is 75.8 cm³/mol. The number of nitrogens with zero attached hydrogens (tertiary/aromatic N) is 2. The summed E-state index contributed by atoms with van der Waals surface area (Å²) in [5, 5.41) is 8.47. The molecular formula is C14H16N4O. The third-order valence-electron chi connectivity index (χ3n) is 3.32. The summed E-state index contributed by atoms with van der Waals surface area (Å²) in [6.45, 7) is 3.40. The molecule has 0 atom stereocenters. The van der Waals surface area contributed by atoms with Crippen molar-refractivity contribution in [2.24, 2.45) is 5.73 Å². The molecule has 98 valence electrons. The van der Waals surface area contributed by atoms with Crippen molar-refractivity contribution in [2.45, 2.75) is 0 Å². The summed E-state index contributed by atoms with van der Waals surface area (Å²) in [6.07, 6.45) is 0. The van der Waals surface area contributed by atoms with Crippen LogP contribution in [-0.4, -0.2) is 37.1 Å². The van der Waals surface area contributed by atoms with Gasteiger partial charge in [0.05, 0.1) is 18.7 Å². The van der Waals surface area contributed by atoms with Crippen LogP contribution in [0.25, 0.3) is 10.9 Å². The minimum absolute atomic E-state index is 0.000782. The Bertz CT molecular complexity index is 620. The number of pyridine rings is 1. The molecular weight excluding hydrogens is 240 g/mol. The lowest BCUT2D eigenvalue weighted by molar-refractivity contribution is 0.122. The van der Waals surface area contributed by atoms with Crippen molar-refractivity contribution in [3.8, 4) is 0 Å². The highest BCUT2D eigenvalue weighted by Gasteiger charge is 2.11. The van der Waals surface area contributed by atoms with Gasteiger partial charge in [0.25, 0.3) is 0 Å². The van der Waals surface area contributed by atoms with E-state index in [-0.39, 0.29) is 5.84 Å². The number of anilines is 1. The van der Waals surface area contributed by atoms with Crippen LogP contribution in [0, 0.1) is 5.41 Å². The molecule has 0 saturated carbocycles. The highest BCUT2D eigenvalue weighted by atomic mass is 16.5. The molecule has 0 amide bonds. The molecule has 0 radical (unpaired) electrons. The topological polar surface area (TPSA) is 75.2 Å². The molecule has 1 saturated heterocycles. The maximum absolute atomic E-state index is 7.41. The maximum atomic E-state index is 7.41. The normalized spacial score (nSPS) is 15.7. The second-order valence-corrected chi connectivity index (χ2v) is 4.59. The zero-order chi connectivity index (χ0) is 13.2. The highest BCUT2D eigenvalue weighted by Crippen LogP contribution is 2.22. The maximum Gasteiger partial charge on any atom is 0.141 e. The lowest BCUT2D eigenvalue weighted by Gasteiger charge is -2.29. The molecule has 1 aromatic carbocycles.